The van der Waals surface area contributed by atoms with Gasteiger partial charge in [0.1, 0.15) is 0 Å². The van der Waals surface area contributed by atoms with Crippen LogP contribution < -0.4 is 16.0 Å². The first-order chi connectivity index (χ1) is 14.0. The van der Waals surface area contributed by atoms with Crippen LogP contribution in [-0.2, 0) is 11.2 Å². The van der Waals surface area contributed by atoms with E-state index in [0.717, 1.165) is 10.2 Å². The lowest BCUT2D eigenvalue weighted by molar-refractivity contribution is -0.115. The molecular weight excluding hydrogens is 430 g/mol. The number of hydrogen-bond donors (Lipinski definition) is 3. The SMILES string of the molecule is O=C(Cc1csc(NC(=O)Nc2ccc(Cl)cc2)n1)Nc1nc2ccccc2s1. The molecule has 0 spiro atoms. The molecule has 2 aromatic heterocycles. The van der Waals surface area contributed by atoms with Gasteiger partial charge in [-0.05, 0) is 36.4 Å². The Balaban J connectivity index is 1.31. The van der Waals surface area contributed by atoms with Crippen LogP contribution in [0.4, 0.5) is 20.7 Å². The van der Waals surface area contributed by atoms with Gasteiger partial charge in [-0.15, -0.1) is 11.3 Å². The summed E-state index contributed by atoms with van der Waals surface area (Å²) >= 11 is 8.48. The van der Waals surface area contributed by atoms with Gasteiger partial charge in [-0.1, -0.05) is 35.1 Å². The summed E-state index contributed by atoms with van der Waals surface area (Å²) in [4.78, 5) is 33.0. The number of rotatable bonds is 5. The van der Waals surface area contributed by atoms with Crippen LogP contribution in [0.2, 0.25) is 5.02 Å². The number of carbonyl (C=O) groups is 2. The number of nitrogens with one attached hydrogen (secondary N) is 3. The van der Waals surface area contributed by atoms with Crippen molar-refractivity contribution >= 4 is 72.4 Å². The Kier molecular flexibility index (Phi) is 5.70. The second-order valence-electron chi connectivity index (χ2n) is 5.94. The quantitative estimate of drug-likeness (QED) is 0.393. The number of benzene rings is 2. The lowest BCUT2D eigenvalue weighted by Crippen LogP contribution is -2.19. The molecule has 2 aromatic carbocycles. The maximum absolute atomic E-state index is 12.3. The first-order valence-corrected chi connectivity index (χ1v) is 10.6. The van der Waals surface area contributed by atoms with Crippen molar-refractivity contribution in [3.8, 4) is 0 Å². The van der Waals surface area contributed by atoms with E-state index in [0.29, 0.717) is 26.7 Å². The zero-order valence-corrected chi connectivity index (χ0v) is 17.2. The van der Waals surface area contributed by atoms with Crippen LogP contribution >= 0.6 is 34.3 Å². The van der Waals surface area contributed by atoms with Crippen LogP contribution in [0.3, 0.4) is 0 Å². The minimum atomic E-state index is -0.424. The topological polar surface area (TPSA) is 96.0 Å². The summed E-state index contributed by atoms with van der Waals surface area (Å²) in [6.45, 7) is 0. The van der Waals surface area contributed by atoms with Crippen molar-refractivity contribution in [1.82, 2.24) is 9.97 Å². The first kappa shape index (κ1) is 19.3. The minimum Gasteiger partial charge on any atom is -0.308 e. The highest BCUT2D eigenvalue weighted by molar-refractivity contribution is 7.22. The van der Waals surface area contributed by atoms with E-state index in [9.17, 15) is 9.59 Å². The summed E-state index contributed by atoms with van der Waals surface area (Å²) < 4.78 is 1.01. The molecular formula is C19H14ClN5O2S2. The van der Waals surface area contributed by atoms with Crippen LogP contribution in [0, 0.1) is 0 Å². The van der Waals surface area contributed by atoms with E-state index in [1.165, 1.54) is 22.7 Å². The third-order valence-corrected chi connectivity index (χ3v) is 5.77. The molecule has 3 amide bonds. The molecule has 0 fully saturated rings. The highest BCUT2D eigenvalue weighted by Crippen LogP contribution is 2.25. The molecule has 4 rings (SSSR count). The van der Waals surface area contributed by atoms with Crippen molar-refractivity contribution in [3.05, 3.63) is 64.6 Å². The van der Waals surface area contributed by atoms with Gasteiger partial charge < -0.3 is 10.6 Å². The van der Waals surface area contributed by atoms with Gasteiger partial charge in [0.15, 0.2) is 10.3 Å². The number of urea groups is 1. The summed E-state index contributed by atoms with van der Waals surface area (Å²) in [5.74, 6) is -0.216. The highest BCUT2D eigenvalue weighted by atomic mass is 35.5. The fourth-order valence-corrected chi connectivity index (χ4v) is 4.21. The molecule has 0 radical (unpaired) electrons. The molecule has 29 heavy (non-hydrogen) atoms. The third-order valence-electron chi connectivity index (χ3n) is 3.76. The van der Waals surface area contributed by atoms with Gasteiger partial charge in [0.2, 0.25) is 5.91 Å². The van der Waals surface area contributed by atoms with Crippen LogP contribution in [-0.4, -0.2) is 21.9 Å². The standard InChI is InChI=1S/C19H14ClN5O2S2/c20-11-5-7-12(8-6-11)21-17(27)25-18-22-13(10-28-18)9-16(26)24-19-23-14-3-1-2-4-15(14)29-19/h1-8,10H,9H2,(H,23,24,26)(H2,21,22,25,27). The van der Waals surface area contributed by atoms with Crippen molar-refractivity contribution < 1.29 is 9.59 Å². The van der Waals surface area contributed by atoms with E-state index < -0.39 is 6.03 Å². The third kappa shape index (κ3) is 5.08. The average molecular weight is 444 g/mol. The van der Waals surface area contributed by atoms with E-state index in [4.69, 9.17) is 11.6 Å². The number of thiazole rings is 2. The van der Waals surface area contributed by atoms with E-state index in [1.807, 2.05) is 24.3 Å². The molecule has 0 aliphatic carbocycles. The smallest absolute Gasteiger partial charge is 0.308 e. The van der Waals surface area contributed by atoms with E-state index >= 15 is 0 Å². The predicted molar refractivity (Wildman–Crippen MR) is 118 cm³/mol. The van der Waals surface area contributed by atoms with Gasteiger partial charge >= 0.3 is 6.03 Å². The van der Waals surface area contributed by atoms with Crippen LogP contribution in [0.15, 0.2) is 53.9 Å². The van der Waals surface area contributed by atoms with Crippen LogP contribution in [0.5, 0.6) is 0 Å². The Bertz CT molecular complexity index is 1140. The second-order valence-corrected chi connectivity index (χ2v) is 8.27. The molecule has 0 aliphatic heterocycles. The number of aromatic nitrogens is 2. The number of carbonyl (C=O) groups excluding carboxylic acids is 2. The van der Waals surface area contributed by atoms with Crippen LogP contribution in [0.25, 0.3) is 10.2 Å². The summed E-state index contributed by atoms with van der Waals surface area (Å²) in [6, 6.07) is 14.0. The summed E-state index contributed by atoms with van der Waals surface area (Å²) in [5, 5.41) is 11.4. The van der Waals surface area contributed by atoms with Gasteiger partial charge in [0.25, 0.3) is 0 Å². The molecule has 146 valence electrons. The lowest BCUT2D eigenvalue weighted by atomic mass is 10.3. The fourth-order valence-electron chi connectivity index (χ4n) is 2.49. The van der Waals surface area contributed by atoms with Crippen molar-refractivity contribution in [2.75, 3.05) is 16.0 Å². The number of nitrogens with zero attached hydrogens (tertiary/aromatic N) is 2. The Morgan fingerprint density at radius 3 is 2.52 bits per heavy atom. The van der Waals surface area contributed by atoms with Gasteiger partial charge in [-0.2, -0.15) is 0 Å². The van der Waals surface area contributed by atoms with Crippen molar-refractivity contribution in [1.29, 1.82) is 0 Å². The zero-order chi connectivity index (χ0) is 20.2. The lowest BCUT2D eigenvalue weighted by Gasteiger charge is -2.05. The van der Waals surface area contributed by atoms with Gasteiger partial charge in [0.05, 0.1) is 22.3 Å². The normalized spacial score (nSPS) is 10.7. The Hall–Kier alpha value is -3.01. The second kappa shape index (κ2) is 8.56. The summed E-state index contributed by atoms with van der Waals surface area (Å²) in [5.41, 5.74) is 2.02. The average Bonchev–Trinajstić information content (AvgIpc) is 3.29. The van der Waals surface area contributed by atoms with Gasteiger partial charge in [0, 0.05) is 16.1 Å². The number of fused-ring (bicyclic) bond motifs is 1. The van der Waals surface area contributed by atoms with Gasteiger partial charge in [-0.3, -0.25) is 10.1 Å². The molecule has 3 N–H and O–H groups in total. The van der Waals surface area contributed by atoms with Crippen molar-refractivity contribution in [3.63, 3.8) is 0 Å². The minimum absolute atomic E-state index is 0.0902. The maximum atomic E-state index is 12.3. The first-order valence-electron chi connectivity index (χ1n) is 8.48. The zero-order valence-electron chi connectivity index (χ0n) is 14.8. The summed E-state index contributed by atoms with van der Waals surface area (Å²) in [6.07, 6.45) is 0.0902. The van der Waals surface area contributed by atoms with E-state index in [2.05, 4.69) is 25.9 Å². The molecule has 0 unspecified atom stereocenters. The molecule has 2 heterocycles. The molecule has 0 atom stereocenters. The van der Waals surface area contributed by atoms with E-state index in [-0.39, 0.29) is 12.3 Å². The fraction of sp³-hybridized carbons (Fsp3) is 0.0526. The molecule has 0 bridgehead atoms. The number of halogens is 1. The maximum Gasteiger partial charge on any atom is 0.325 e. The number of para-hydroxylation sites is 1. The van der Waals surface area contributed by atoms with Crippen molar-refractivity contribution in [2.45, 2.75) is 6.42 Å². The largest absolute Gasteiger partial charge is 0.325 e. The Labute approximate surface area is 178 Å². The molecule has 0 saturated carbocycles. The summed E-state index contributed by atoms with van der Waals surface area (Å²) in [7, 11) is 0. The molecule has 0 saturated heterocycles. The van der Waals surface area contributed by atoms with Crippen molar-refractivity contribution in [2.24, 2.45) is 0 Å². The molecule has 4 aromatic rings. The Morgan fingerprint density at radius 1 is 0.931 bits per heavy atom. The van der Waals surface area contributed by atoms with Gasteiger partial charge in [-0.25, -0.2) is 14.8 Å². The number of amides is 3. The van der Waals surface area contributed by atoms with Crippen LogP contribution in [0.1, 0.15) is 5.69 Å². The highest BCUT2D eigenvalue weighted by Gasteiger charge is 2.12. The monoisotopic (exact) mass is 443 g/mol. The Morgan fingerprint density at radius 2 is 1.72 bits per heavy atom. The molecule has 7 nitrogen and oxygen atoms in total. The van der Waals surface area contributed by atoms with E-state index in [1.54, 1.807) is 29.6 Å². The molecule has 0 aliphatic rings. The number of anilines is 3. The predicted octanol–water partition coefficient (Wildman–Crippen LogP) is 5.23. The number of hydrogen-bond acceptors (Lipinski definition) is 6. The molecule has 10 heteroatoms.